The van der Waals surface area contributed by atoms with Crippen molar-refractivity contribution in [2.24, 2.45) is 0 Å². The lowest BCUT2D eigenvalue weighted by Gasteiger charge is -2.12. The molecular formula is C15H16F2N2O4. The molecule has 1 unspecified atom stereocenters. The molecular weight excluding hydrogens is 310 g/mol. The molecule has 8 heteroatoms. The maximum atomic E-state index is 12.4. The highest BCUT2D eigenvalue weighted by Gasteiger charge is 2.22. The van der Waals surface area contributed by atoms with Gasteiger partial charge in [0.1, 0.15) is 11.3 Å². The number of carbonyl (C=O) groups excluding carboxylic acids is 1. The molecule has 124 valence electrons. The van der Waals surface area contributed by atoms with Crippen LogP contribution in [0.15, 0.2) is 28.8 Å². The zero-order valence-corrected chi connectivity index (χ0v) is 12.7. The molecule has 1 aromatic carbocycles. The van der Waals surface area contributed by atoms with Crippen molar-refractivity contribution in [1.82, 2.24) is 10.1 Å². The summed E-state index contributed by atoms with van der Waals surface area (Å²) in [5.41, 5.74) is -0.104. The highest BCUT2D eigenvalue weighted by molar-refractivity contribution is 5.92. The van der Waals surface area contributed by atoms with E-state index in [1.54, 1.807) is 6.92 Å². The van der Waals surface area contributed by atoms with Gasteiger partial charge in [-0.2, -0.15) is 13.8 Å². The van der Waals surface area contributed by atoms with Crippen LogP contribution in [0.1, 0.15) is 48.4 Å². The fraction of sp³-hybridized carbons (Fsp3) is 0.400. The second-order valence-corrected chi connectivity index (χ2v) is 4.72. The molecule has 0 aliphatic carbocycles. The Morgan fingerprint density at radius 3 is 2.78 bits per heavy atom. The number of nitrogens with zero attached hydrogens (tertiary/aromatic N) is 2. The van der Waals surface area contributed by atoms with Crippen LogP contribution in [0.4, 0.5) is 8.78 Å². The lowest BCUT2D eigenvalue weighted by Crippen LogP contribution is -2.13. The smallest absolute Gasteiger partial charge is 0.387 e. The predicted octanol–water partition coefficient (Wildman–Crippen LogP) is 3.54. The predicted molar refractivity (Wildman–Crippen MR) is 75.2 cm³/mol. The summed E-state index contributed by atoms with van der Waals surface area (Å²) in [6.45, 7) is 0.492. The number of esters is 1. The molecule has 6 nitrogen and oxygen atoms in total. The zero-order chi connectivity index (χ0) is 16.8. The van der Waals surface area contributed by atoms with Crippen LogP contribution >= 0.6 is 0 Å². The average molecular weight is 326 g/mol. The Kier molecular flexibility index (Phi) is 5.61. The van der Waals surface area contributed by atoms with Crippen LogP contribution in [0.3, 0.4) is 0 Å². The first-order valence-electron chi connectivity index (χ1n) is 7.08. The van der Waals surface area contributed by atoms with Crippen LogP contribution in [-0.2, 0) is 11.2 Å². The van der Waals surface area contributed by atoms with Gasteiger partial charge in [0.05, 0.1) is 0 Å². The van der Waals surface area contributed by atoms with Crippen molar-refractivity contribution < 1.29 is 27.6 Å². The standard InChI is InChI=1S/C15H16F2N2O4/c1-3-6-12-18-13(23-19-12)9(2)21-14(20)10-7-4-5-8-11(10)22-15(16)17/h4-5,7-9,15H,3,6H2,1-2H3. The van der Waals surface area contributed by atoms with E-state index in [1.807, 2.05) is 6.92 Å². The van der Waals surface area contributed by atoms with E-state index in [0.29, 0.717) is 12.2 Å². The quantitative estimate of drug-likeness (QED) is 0.725. The van der Waals surface area contributed by atoms with Crippen molar-refractivity contribution in [1.29, 1.82) is 0 Å². The first kappa shape index (κ1) is 16.9. The molecule has 0 radical (unpaired) electrons. The minimum Gasteiger partial charge on any atom is -0.449 e. The number of alkyl halides is 2. The van der Waals surface area contributed by atoms with Crippen molar-refractivity contribution in [3.05, 3.63) is 41.5 Å². The van der Waals surface area contributed by atoms with Gasteiger partial charge in [0, 0.05) is 6.42 Å². The second-order valence-electron chi connectivity index (χ2n) is 4.72. The van der Waals surface area contributed by atoms with E-state index in [1.165, 1.54) is 24.3 Å². The van der Waals surface area contributed by atoms with Gasteiger partial charge in [-0.25, -0.2) is 4.79 Å². The van der Waals surface area contributed by atoms with Crippen LogP contribution < -0.4 is 4.74 Å². The van der Waals surface area contributed by atoms with Crippen LogP contribution in [-0.4, -0.2) is 22.7 Å². The van der Waals surface area contributed by atoms with Crippen molar-refractivity contribution >= 4 is 5.97 Å². The van der Waals surface area contributed by atoms with Gasteiger partial charge in [0.25, 0.3) is 5.89 Å². The molecule has 0 N–H and O–H groups in total. The van der Waals surface area contributed by atoms with Gasteiger partial charge in [-0.1, -0.05) is 24.2 Å². The number of rotatable bonds is 7. The maximum Gasteiger partial charge on any atom is 0.387 e. The number of hydrogen-bond donors (Lipinski definition) is 0. The summed E-state index contributed by atoms with van der Waals surface area (Å²) >= 11 is 0. The fourth-order valence-electron chi connectivity index (χ4n) is 1.87. The van der Waals surface area contributed by atoms with Gasteiger partial charge in [0.2, 0.25) is 0 Å². The van der Waals surface area contributed by atoms with E-state index in [2.05, 4.69) is 14.9 Å². The molecule has 0 aliphatic heterocycles. The number of aromatic nitrogens is 2. The molecule has 0 saturated heterocycles. The lowest BCUT2D eigenvalue weighted by atomic mass is 10.2. The highest BCUT2D eigenvalue weighted by Crippen LogP contribution is 2.24. The van der Waals surface area contributed by atoms with E-state index >= 15 is 0 Å². The number of carbonyl (C=O) groups is 1. The minimum atomic E-state index is -3.03. The molecule has 2 aromatic rings. The summed E-state index contributed by atoms with van der Waals surface area (Å²) in [6.07, 6.45) is 0.695. The highest BCUT2D eigenvalue weighted by atomic mass is 19.3. The second kappa shape index (κ2) is 7.66. The molecule has 0 fully saturated rings. The summed E-state index contributed by atoms with van der Waals surface area (Å²) in [4.78, 5) is 16.2. The van der Waals surface area contributed by atoms with Gasteiger partial charge in [-0.15, -0.1) is 0 Å². The Hall–Kier alpha value is -2.51. The summed E-state index contributed by atoms with van der Waals surface area (Å²) in [6, 6.07) is 5.60. The molecule has 0 spiro atoms. The lowest BCUT2D eigenvalue weighted by molar-refractivity contribution is -0.0506. The van der Waals surface area contributed by atoms with Gasteiger partial charge < -0.3 is 14.0 Å². The number of hydrogen-bond acceptors (Lipinski definition) is 6. The SMILES string of the molecule is CCCc1noc(C(C)OC(=O)c2ccccc2OC(F)F)n1. The average Bonchev–Trinajstić information content (AvgIpc) is 2.96. The first-order valence-corrected chi connectivity index (χ1v) is 7.08. The molecule has 0 saturated carbocycles. The third-order valence-corrected chi connectivity index (χ3v) is 2.91. The topological polar surface area (TPSA) is 74.5 Å². The van der Waals surface area contributed by atoms with E-state index < -0.39 is 18.7 Å². The van der Waals surface area contributed by atoms with Gasteiger partial charge in [0.15, 0.2) is 11.9 Å². The minimum absolute atomic E-state index is 0.104. The van der Waals surface area contributed by atoms with Crippen molar-refractivity contribution in [2.45, 2.75) is 39.4 Å². The van der Waals surface area contributed by atoms with Gasteiger partial charge >= 0.3 is 12.6 Å². The molecule has 0 aliphatic rings. The van der Waals surface area contributed by atoms with Gasteiger partial charge in [-0.05, 0) is 25.5 Å². The van der Waals surface area contributed by atoms with Crippen LogP contribution in [0, 0.1) is 0 Å². The zero-order valence-electron chi connectivity index (χ0n) is 12.7. The first-order chi connectivity index (χ1) is 11.0. The Balaban J connectivity index is 2.08. The summed E-state index contributed by atoms with van der Waals surface area (Å²) < 4.78 is 39.2. The van der Waals surface area contributed by atoms with E-state index in [9.17, 15) is 13.6 Å². The van der Waals surface area contributed by atoms with E-state index in [0.717, 1.165) is 6.42 Å². The van der Waals surface area contributed by atoms with E-state index in [-0.39, 0.29) is 17.2 Å². The third-order valence-electron chi connectivity index (χ3n) is 2.91. The Morgan fingerprint density at radius 1 is 1.35 bits per heavy atom. The summed E-state index contributed by atoms with van der Waals surface area (Å²) in [5.74, 6) is -0.401. The van der Waals surface area contributed by atoms with Crippen LogP contribution in [0.25, 0.3) is 0 Å². The summed E-state index contributed by atoms with van der Waals surface area (Å²) in [5, 5.41) is 3.76. The monoisotopic (exact) mass is 326 g/mol. The number of para-hydroxylation sites is 1. The van der Waals surface area contributed by atoms with Crippen LogP contribution in [0.2, 0.25) is 0 Å². The molecule has 0 amide bonds. The molecule has 0 bridgehead atoms. The largest absolute Gasteiger partial charge is 0.449 e. The molecule has 1 heterocycles. The number of benzene rings is 1. The molecule has 23 heavy (non-hydrogen) atoms. The Bertz CT molecular complexity index is 660. The Labute approximate surface area is 131 Å². The van der Waals surface area contributed by atoms with Crippen LogP contribution in [0.5, 0.6) is 5.75 Å². The van der Waals surface area contributed by atoms with Gasteiger partial charge in [-0.3, -0.25) is 0 Å². The van der Waals surface area contributed by atoms with E-state index in [4.69, 9.17) is 9.26 Å². The third kappa shape index (κ3) is 4.48. The summed E-state index contributed by atoms with van der Waals surface area (Å²) in [7, 11) is 0. The van der Waals surface area contributed by atoms with Crippen molar-refractivity contribution in [3.8, 4) is 5.75 Å². The number of aryl methyl sites for hydroxylation is 1. The maximum absolute atomic E-state index is 12.4. The molecule has 1 atom stereocenters. The van der Waals surface area contributed by atoms with Crippen molar-refractivity contribution in [2.75, 3.05) is 0 Å². The number of ether oxygens (including phenoxy) is 2. The van der Waals surface area contributed by atoms with Crippen molar-refractivity contribution in [3.63, 3.8) is 0 Å². The Morgan fingerprint density at radius 2 is 2.09 bits per heavy atom. The molecule has 2 rings (SSSR count). The normalized spacial score (nSPS) is 12.2. The number of halogens is 2. The molecule has 1 aromatic heterocycles. The fourth-order valence-corrected chi connectivity index (χ4v) is 1.87.